The van der Waals surface area contributed by atoms with Gasteiger partial charge in [0.05, 0.1) is 12.8 Å². The zero-order chi connectivity index (χ0) is 18.1. The fourth-order valence-corrected chi connectivity index (χ4v) is 2.11. The molecule has 2 aromatic carbocycles. The van der Waals surface area contributed by atoms with Gasteiger partial charge < -0.3 is 14.7 Å². The van der Waals surface area contributed by atoms with E-state index in [0.29, 0.717) is 17.3 Å². The van der Waals surface area contributed by atoms with Crippen molar-refractivity contribution < 1.29 is 14.6 Å². The number of aliphatic hydroxyl groups is 1. The van der Waals surface area contributed by atoms with Crippen molar-refractivity contribution in [2.45, 2.75) is 0 Å². The van der Waals surface area contributed by atoms with Crippen LogP contribution >= 0.6 is 11.6 Å². The Balaban J connectivity index is 1.77. The minimum atomic E-state index is -0.356. The summed E-state index contributed by atoms with van der Waals surface area (Å²) >= 11 is 5.78. The number of anilines is 1. The summed E-state index contributed by atoms with van der Waals surface area (Å²) in [5.74, 6) is 0.205. The molecule has 0 heterocycles. The van der Waals surface area contributed by atoms with Crippen LogP contribution in [0.4, 0.5) is 5.69 Å². The highest BCUT2D eigenvalue weighted by Crippen LogP contribution is 2.15. The van der Waals surface area contributed by atoms with Gasteiger partial charge in [0, 0.05) is 24.3 Å². The second-order valence-electron chi connectivity index (χ2n) is 5.27. The largest absolute Gasteiger partial charge is 0.484 e. The number of rotatable bonds is 8. The molecule has 2 aromatic rings. The number of carbonyl (C=O) groups is 1. The normalized spacial score (nSPS) is 10.7. The number of aliphatic hydroxyl groups excluding tert-OH is 1. The molecule has 1 amide bonds. The Labute approximate surface area is 151 Å². The Bertz CT molecular complexity index is 703. The van der Waals surface area contributed by atoms with E-state index in [1.807, 2.05) is 36.2 Å². The molecule has 25 heavy (non-hydrogen) atoms. The fraction of sp³-hybridized carbons (Fsp3) is 0.222. The first-order valence-corrected chi connectivity index (χ1v) is 8.08. The van der Waals surface area contributed by atoms with Crippen LogP contribution in [0.25, 0.3) is 0 Å². The summed E-state index contributed by atoms with van der Waals surface area (Å²) < 4.78 is 5.32. The zero-order valence-electron chi connectivity index (χ0n) is 13.9. The summed E-state index contributed by atoms with van der Waals surface area (Å²) in [5.41, 5.74) is 4.25. The van der Waals surface area contributed by atoms with Crippen LogP contribution in [0.5, 0.6) is 5.75 Å². The number of carbonyl (C=O) groups excluding carboxylic acids is 1. The second-order valence-corrected chi connectivity index (χ2v) is 5.71. The average molecular weight is 362 g/mol. The van der Waals surface area contributed by atoms with Gasteiger partial charge in [-0.25, -0.2) is 5.43 Å². The minimum Gasteiger partial charge on any atom is -0.484 e. The zero-order valence-corrected chi connectivity index (χ0v) is 14.6. The van der Waals surface area contributed by atoms with E-state index in [4.69, 9.17) is 21.4 Å². The molecule has 0 fully saturated rings. The highest BCUT2D eigenvalue weighted by atomic mass is 35.5. The van der Waals surface area contributed by atoms with Crippen LogP contribution in [0.3, 0.4) is 0 Å². The van der Waals surface area contributed by atoms with E-state index in [-0.39, 0.29) is 19.1 Å². The summed E-state index contributed by atoms with van der Waals surface area (Å²) in [7, 11) is 1.90. The number of likely N-dealkylation sites (N-methyl/N-ethyl adjacent to an activating group) is 1. The minimum absolute atomic E-state index is 0.101. The third-order valence-corrected chi connectivity index (χ3v) is 3.61. The number of hydrogen-bond acceptors (Lipinski definition) is 5. The van der Waals surface area contributed by atoms with Gasteiger partial charge in [-0.15, -0.1) is 0 Å². The molecule has 0 atom stereocenters. The number of amides is 1. The Morgan fingerprint density at radius 3 is 2.56 bits per heavy atom. The predicted molar refractivity (Wildman–Crippen MR) is 99.5 cm³/mol. The van der Waals surface area contributed by atoms with Crippen molar-refractivity contribution in [3.63, 3.8) is 0 Å². The van der Waals surface area contributed by atoms with E-state index in [2.05, 4.69) is 10.5 Å². The molecule has 2 rings (SSSR count). The van der Waals surface area contributed by atoms with Gasteiger partial charge in [0.1, 0.15) is 5.75 Å². The van der Waals surface area contributed by atoms with E-state index >= 15 is 0 Å². The van der Waals surface area contributed by atoms with E-state index in [1.54, 1.807) is 30.5 Å². The topological polar surface area (TPSA) is 74.2 Å². The number of hydrazone groups is 1. The molecule has 0 aliphatic carbocycles. The van der Waals surface area contributed by atoms with Gasteiger partial charge in [-0.3, -0.25) is 4.79 Å². The first kappa shape index (κ1) is 18.8. The lowest BCUT2D eigenvalue weighted by atomic mass is 10.2. The molecular weight excluding hydrogens is 342 g/mol. The predicted octanol–water partition coefficient (Wildman–Crippen LogP) is 2.30. The second kappa shape index (κ2) is 9.66. The Kier molecular flexibility index (Phi) is 7.25. The van der Waals surface area contributed by atoms with Crippen LogP contribution in [-0.4, -0.2) is 44.0 Å². The van der Waals surface area contributed by atoms with Crippen molar-refractivity contribution in [3.05, 3.63) is 59.1 Å². The summed E-state index contributed by atoms with van der Waals surface area (Å²) in [6, 6.07) is 14.3. The molecule has 0 unspecified atom stereocenters. The van der Waals surface area contributed by atoms with Crippen LogP contribution in [0.2, 0.25) is 5.02 Å². The van der Waals surface area contributed by atoms with Gasteiger partial charge in [0.15, 0.2) is 6.61 Å². The van der Waals surface area contributed by atoms with Crippen LogP contribution in [0.15, 0.2) is 53.6 Å². The number of ether oxygens (including phenoxy) is 1. The molecular formula is C18H20ClN3O3. The number of benzene rings is 2. The van der Waals surface area contributed by atoms with Crippen LogP contribution in [0.1, 0.15) is 5.56 Å². The molecule has 0 aliphatic rings. The Hall–Kier alpha value is -2.57. The van der Waals surface area contributed by atoms with Crippen LogP contribution in [-0.2, 0) is 4.79 Å². The lowest BCUT2D eigenvalue weighted by molar-refractivity contribution is -0.123. The Morgan fingerprint density at radius 2 is 1.92 bits per heavy atom. The number of halogens is 1. The first-order valence-electron chi connectivity index (χ1n) is 7.71. The molecule has 6 nitrogen and oxygen atoms in total. The third-order valence-electron chi connectivity index (χ3n) is 3.36. The summed E-state index contributed by atoms with van der Waals surface area (Å²) in [4.78, 5) is 13.6. The van der Waals surface area contributed by atoms with Crippen LogP contribution in [0, 0.1) is 0 Å². The molecule has 0 saturated carbocycles. The number of hydrogen-bond donors (Lipinski definition) is 2. The van der Waals surface area contributed by atoms with Crippen molar-refractivity contribution in [1.82, 2.24) is 5.43 Å². The smallest absolute Gasteiger partial charge is 0.277 e. The van der Waals surface area contributed by atoms with Gasteiger partial charge >= 0.3 is 0 Å². The summed E-state index contributed by atoms with van der Waals surface area (Å²) in [6.45, 7) is 0.533. The van der Waals surface area contributed by atoms with Crippen molar-refractivity contribution in [2.75, 3.05) is 31.7 Å². The van der Waals surface area contributed by atoms with Crippen molar-refractivity contribution in [2.24, 2.45) is 5.10 Å². The Morgan fingerprint density at radius 1 is 1.24 bits per heavy atom. The standard InChI is InChI=1S/C18H20ClN3O3/c1-22(10-11-23)16-6-2-14(3-7-16)12-20-21-18(24)13-25-17-8-4-15(19)5-9-17/h2-9,12,23H,10-11,13H2,1H3,(H,21,24)/b20-12-. The lowest BCUT2D eigenvalue weighted by Gasteiger charge is -2.17. The average Bonchev–Trinajstić information content (AvgIpc) is 2.62. The highest BCUT2D eigenvalue weighted by Gasteiger charge is 2.02. The molecule has 0 aliphatic heterocycles. The van der Waals surface area contributed by atoms with E-state index in [9.17, 15) is 4.79 Å². The van der Waals surface area contributed by atoms with Crippen molar-refractivity contribution in [1.29, 1.82) is 0 Å². The van der Waals surface area contributed by atoms with Crippen molar-refractivity contribution in [3.8, 4) is 5.75 Å². The van der Waals surface area contributed by atoms with Gasteiger partial charge in [-0.2, -0.15) is 5.10 Å². The quantitative estimate of drug-likeness (QED) is 0.559. The van der Waals surface area contributed by atoms with Crippen LogP contribution < -0.4 is 15.1 Å². The van der Waals surface area contributed by atoms with Gasteiger partial charge in [0.2, 0.25) is 0 Å². The molecule has 0 bridgehead atoms. The maximum Gasteiger partial charge on any atom is 0.277 e. The van der Waals surface area contributed by atoms with E-state index in [1.165, 1.54) is 0 Å². The summed E-state index contributed by atoms with van der Waals surface area (Å²) in [6.07, 6.45) is 1.55. The number of nitrogens with zero attached hydrogens (tertiary/aromatic N) is 2. The van der Waals surface area contributed by atoms with Gasteiger partial charge in [-0.05, 0) is 42.0 Å². The highest BCUT2D eigenvalue weighted by molar-refractivity contribution is 6.30. The third kappa shape index (κ3) is 6.45. The maximum absolute atomic E-state index is 11.7. The molecule has 0 aromatic heterocycles. The molecule has 0 spiro atoms. The van der Waals surface area contributed by atoms with E-state index < -0.39 is 0 Å². The lowest BCUT2D eigenvalue weighted by Crippen LogP contribution is -2.24. The molecule has 132 valence electrons. The number of nitrogens with one attached hydrogen (secondary N) is 1. The van der Waals surface area contributed by atoms with Crippen molar-refractivity contribution >= 4 is 29.4 Å². The molecule has 2 N–H and O–H groups in total. The molecule has 0 radical (unpaired) electrons. The SMILES string of the molecule is CN(CCO)c1ccc(/C=N\NC(=O)COc2ccc(Cl)cc2)cc1. The van der Waals surface area contributed by atoms with Gasteiger partial charge in [-0.1, -0.05) is 23.7 Å². The first-order chi connectivity index (χ1) is 12.1. The van der Waals surface area contributed by atoms with Gasteiger partial charge in [0.25, 0.3) is 5.91 Å². The summed E-state index contributed by atoms with van der Waals surface area (Å²) in [5, 5.41) is 13.4. The molecule has 7 heteroatoms. The molecule has 0 saturated heterocycles. The maximum atomic E-state index is 11.7. The van der Waals surface area contributed by atoms with E-state index in [0.717, 1.165) is 11.3 Å². The monoisotopic (exact) mass is 361 g/mol. The fourth-order valence-electron chi connectivity index (χ4n) is 1.98.